The number of alkyl halides is 3. The molecular weight excluding hydrogens is 475 g/mol. The van der Waals surface area contributed by atoms with Gasteiger partial charge in [-0.3, -0.25) is 19.2 Å². The predicted octanol–water partition coefficient (Wildman–Crippen LogP) is 4.76. The molecule has 0 saturated carbocycles. The molecule has 0 saturated heterocycles. The first-order valence-electron chi connectivity index (χ1n) is 9.69. The number of carbonyl (C=O) groups excluding carboxylic acids is 1. The van der Waals surface area contributed by atoms with Gasteiger partial charge in [0, 0.05) is 17.8 Å². The highest BCUT2D eigenvalue weighted by atomic mass is 32.2. The van der Waals surface area contributed by atoms with E-state index < -0.39 is 39.1 Å². The standard InChI is InChI=1S/C22H18F3N3O5S/c1-15-8-10-20(11-9-15)34(32,33)27(18-6-2-4-16(12-18)22(23,24)25)14-21(29)26-17-5-3-7-19(13-17)28(30)31/h2-13H,14H2,1H3,(H,26,29). The number of nitro benzene ring substituents is 1. The normalized spacial score (nSPS) is 11.6. The molecule has 0 aliphatic carbocycles. The van der Waals surface area contributed by atoms with Crippen molar-refractivity contribution >= 4 is 33.0 Å². The number of halogens is 3. The fourth-order valence-corrected chi connectivity index (χ4v) is 4.43. The molecule has 178 valence electrons. The number of aryl methyl sites for hydroxylation is 1. The van der Waals surface area contributed by atoms with E-state index in [-0.39, 0.29) is 22.0 Å². The van der Waals surface area contributed by atoms with Crippen LogP contribution in [0, 0.1) is 17.0 Å². The Morgan fingerprint density at radius 3 is 2.29 bits per heavy atom. The summed E-state index contributed by atoms with van der Waals surface area (Å²) in [5.41, 5.74) is -0.985. The lowest BCUT2D eigenvalue weighted by Crippen LogP contribution is -2.38. The molecule has 34 heavy (non-hydrogen) atoms. The number of hydrogen-bond acceptors (Lipinski definition) is 5. The van der Waals surface area contributed by atoms with E-state index in [2.05, 4.69) is 5.32 Å². The summed E-state index contributed by atoms with van der Waals surface area (Å²) in [7, 11) is -4.45. The van der Waals surface area contributed by atoms with Crippen LogP contribution in [0.4, 0.5) is 30.2 Å². The van der Waals surface area contributed by atoms with Gasteiger partial charge >= 0.3 is 6.18 Å². The second-order valence-corrected chi connectivity index (χ2v) is 9.09. The molecule has 0 fully saturated rings. The lowest BCUT2D eigenvalue weighted by atomic mass is 10.2. The van der Waals surface area contributed by atoms with Gasteiger partial charge in [0.1, 0.15) is 6.54 Å². The molecule has 0 spiro atoms. The van der Waals surface area contributed by atoms with E-state index >= 15 is 0 Å². The average molecular weight is 493 g/mol. The number of amides is 1. The maximum atomic E-state index is 13.3. The molecule has 3 rings (SSSR count). The summed E-state index contributed by atoms with van der Waals surface area (Å²) < 4.78 is 66.9. The molecular formula is C22H18F3N3O5S. The van der Waals surface area contributed by atoms with Gasteiger partial charge in [0.25, 0.3) is 15.7 Å². The maximum absolute atomic E-state index is 13.3. The zero-order valence-electron chi connectivity index (χ0n) is 17.6. The Morgan fingerprint density at radius 2 is 1.68 bits per heavy atom. The number of nitro groups is 1. The second-order valence-electron chi connectivity index (χ2n) is 7.23. The lowest BCUT2D eigenvalue weighted by molar-refractivity contribution is -0.384. The Hall–Kier alpha value is -3.93. The maximum Gasteiger partial charge on any atom is 0.416 e. The van der Waals surface area contributed by atoms with Gasteiger partial charge in [-0.1, -0.05) is 29.8 Å². The summed E-state index contributed by atoms with van der Waals surface area (Å²) in [5.74, 6) is -0.909. The minimum absolute atomic E-state index is 0.0240. The monoisotopic (exact) mass is 493 g/mol. The largest absolute Gasteiger partial charge is 0.416 e. The van der Waals surface area contributed by atoms with Crippen molar-refractivity contribution in [2.75, 3.05) is 16.2 Å². The van der Waals surface area contributed by atoms with Crippen LogP contribution in [0.2, 0.25) is 0 Å². The van der Waals surface area contributed by atoms with Crippen LogP contribution in [-0.4, -0.2) is 25.8 Å². The first-order valence-corrected chi connectivity index (χ1v) is 11.1. The number of hydrogen-bond donors (Lipinski definition) is 1. The molecule has 0 unspecified atom stereocenters. The van der Waals surface area contributed by atoms with Gasteiger partial charge in [-0.05, 0) is 43.3 Å². The third kappa shape index (κ3) is 5.70. The first kappa shape index (κ1) is 24.7. The minimum atomic E-state index is -4.74. The molecule has 8 nitrogen and oxygen atoms in total. The van der Waals surface area contributed by atoms with Gasteiger partial charge in [0.15, 0.2) is 0 Å². The van der Waals surface area contributed by atoms with E-state index in [1.165, 1.54) is 42.5 Å². The SMILES string of the molecule is Cc1ccc(S(=O)(=O)N(CC(=O)Nc2cccc([N+](=O)[O-])c2)c2cccc(C(F)(F)F)c2)cc1. The smallest absolute Gasteiger partial charge is 0.324 e. The number of carbonyl (C=O) groups is 1. The molecule has 0 aromatic heterocycles. The second kappa shape index (κ2) is 9.51. The number of nitrogens with zero attached hydrogens (tertiary/aromatic N) is 2. The third-order valence-electron chi connectivity index (χ3n) is 4.70. The number of anilines is 2. The van der Waals surface area contributed by atoms with Gasteiger partial charge in [-0.2, -0.15) is 13.2 Å². The number of rotatable bonds is 7. The van der Waals surface area contributed by atoms with Crippen molar-refractivity contribution in [2.24, 2.45) is 0 Å². The summed E-state index contributed by atoms with van der Waals surface area (Å²) >= 11 is 0. The highest BCUT2D eigenvalue weighted by Crippen LogP contribution is 2.33. The van der Waals surface area contributed by atoms with Crippen molar-refractivity contribution in [3.63, 3.8) is 0 Å². The molecule has 3 aromatic rings. The van der Waals surface area contributed by atoms with Crippen molar-refractivity contribution in [3.8, 4) is 0 Å². The Labute approximate surface area is 192 Å². The molecule has 1 N–H and O–H groups in total. The fraction of sp³-hybridized carbons (Fsp3) is 0.136. The number of non-ortho nitro benzene ring substituents is 1. The van der Waals surface area contributed by atoms with E-state index in [0.29, 0.717) is 10.4 Å². The predicted molar refractivity (Wildman–Crippen MR) is 119 cm³/mol. The Bertz CT molecular complexity index is 1330. The number of nitrogens with one attached hydrogen (secondary N) is 1. The zero-order valence-corrected chi connectivity index (χ0v) is 18.4. The zero-order chi connectivity index (χ0) is 25.1. The lowest BCUT2D eigenvalue weighted by Gasteiger charge is -2.25. The molecule has 0 heterocycles. The number of benzene rings is 3. The molecule has 0 aliphatic rings. The molecule has 12 heteroatoms. The van der Waals surface area contributed by atoms with E-state index in [1.807, 2.05) is 0 Å². The van der Waals surface area contributed by atoms with Crippen LogP contribution in [0.15, 0.2) is 77.7 Å². The molecule has 0 atom stereocenters. The van der Waals surface area contributed by atoms with Crippen LogP contribution in [0.25, 0.3) is 0 Å². The van der Waals surface area contributed by atoms with Crippen LogP contribution in [0.5, 0.6) is 0 Å². The fourth-order valence-electron chi connectivity index (χ4n) is 3.02. The molecule has 0 bridgehead atoms. The molecule has 1 amide bonds. The van der Waals surface area contributed by atoms with E-state index in [1.54, 1.807) is 6.92 Å². The first-order chi connectivity index (χ1) is 15.9. The van der Waals surface area contributed by atoms with Crippen molar-refractivity contribution in [1.29, 1.82) is 0 Å². The van der Waals surface area contributed by atoms with Crippen LogP contribution < -0.4 is 9.62 Å². The van der Waals surface area contributed by atoms with Crippen LogP contribution in [0.3, 0.4) is 0 Å². The van der Waals surface area contributed by atoms with Gasteiger partial charge < -0.3 is 5.32 Å². The highest BCUT2D eigenvalue weighted by Gasteiger charge is 2.33. The summed E-state index contributed by atoms with van der Waals surface area (Å²) in [6.07, 6.45) is -4.74. The summed E-state index contributed by atoms with van der Waals surface area (Å²) in [6.45, 7) is 0.855. The third-order valence-corrected chi connectivity index (χ3v) is 6.49. The molecule has 0 radical (unpaired) electrons. The summed E-state index contributed by atoms with van der Waals surface area (Å²) in [4.78, 5) is 22.7. The van der Waals surface area contributed by atoms with Crippen LogP contribution in [-0.2, 0) is 21.0 Å². The minimum Gasteiger partial charge on any atom is -0.324 e. The van der Waals surface area contributed by atoms with Crippen molar-refractivity contribution in [3.05, 3.63) is 94.0 Å². The van der Waals surface area contributed by atoms with E-state index in [9.17, 15) is 36.5 Å². The Kier molecular flexibility index (Phi) is 6.91. The summed E-state index contributed by atoms with van der Waals surface area (Å²) in [6, 6.07) is 14.1. The topological polar surface area (TPSA) is 110 Å². The van der Waals surface area contributed by atoms with Gasteiger partial charge in [-0.15, -0.1) is 0 Å². The quantitative estimate of drug-likeness (QED) is 0.377. The Morgan fingerprint density at radius 1 is 1.03 bits per heavy atom. The van der Waals surface area contributed by atoms with Gasteiger partial charge in [0.2, 0.25) is 5.91 Å². The van der Waals surface area contributed by atoms with Crippen LogP contribution >= 0.6 is 0 Å². The van der Waals surface area contributed by atoms with E-state index in [4.69, 9.17) is 0 Å². The molecule has 0 aliphatic heterocycles. The van der Waals surface area contributed by atoms with Crippen molar-refractivity contribution in [1.82, 2.24) is 0 Å². The van der Waals surface area contributed by atoms with Crippen molar-refractivity contribution in [2.45, 2.75) is 18.0 Å². The van der Waals surface area contributed by atoms with Crippen LogP contribution in [0.1, 0.15) is 11.1 Å². The molecule has 3 aromatic carbocycles. The van der Waals surface area contributed by atoms with Gasteiger partial charge in [-0.25, -0.2) is 8.42 Å². The number of sulfonamides is 1. The van der Waals surface area contributed by atoms with Crippen molar-refractivity contribution < 1.29 is 31.3 Å². The summed E-state index contributed by atoms with van der Waals surface area (Å²) in [5, 5.41) is 13.3. The average Bonchev–Trinajstić information content (AvgIpc) is 2.77. The van der Waals surface area contributed by atoms with Gasteiger partial charge in [0.05, 0.1) is 21.1 Å². The Balaban J connectivity index is 2.00. The van der Waals surface area contributed by atoms with E-state index in [0.717, 1.165) is 29.8 Å². The highest BCUT2D eigenvalue weighted by molar-refractivity contribution is 7.92.